The van der Waals surface area contributed by atoms with Gasteiger partial charge < -0.3 is 9.47 Å². The van der Waals surface area contributed by atoms with E-state index in [9.17, 15) is 4.79 Å². The third-order valence-electron chi connectivity index (χ3n) is 3.58. The predicted octanol–water partition coefficient (Wildman–Crippen LogP) is 2.92. The molecule has 0 aromatic rings. The van der Waals surface area contributed by atoms with Crippen molar-refractivity contribution < 1.29 is 14.3 Å². The van der Waals surface area contributed by atoms with Gasteiger partial charge in [0.2, 0.25) is 0 Å². The van der Waals surface area contributed by atoms with Crippen molar-refractivity contribution in [1.82, 2.24) is 0 Å². The number of hydrogen-bond acceptors (Lipinski definition) is 3. The summed E-state index contributed by atoms with van der Waals surface area (Å²) in [6.07, 6.45) is 2.63. The Morgan fingerprint density at radius 2 is 1.94 bits per heavy atom. The van der Waals surface area contributed by atoms with E-state index < -0.39 is 5.60 Å². The van der Waals surface area contributed by atoms with E-state index in [1.807, 2.05) is 13.8 Å². The fourth-order valence-corrected chi connectivity index (χ4v) is 2.24. The number of hydrogen-bond donors (Lipinski definition) is 0. The molecule has 0 aliphatic carbocycles. The lowest BCUT2D eigenvalue weighted by atomic mass is 9.81. The summed E-state index contributed by atoms with van der Waals surface area (Å²) < 4.78 is 10.5. The number of carbonyl (C=O) groups excluding carboxylic acids is 1. The van der Waals surface area contributed by atoms with Crippen LogP contribution < -0.4 is 0 Å². The van der Waals surface area contributed by atoms with Gasteiger partial charge in [-0.1, -0.05) is 27.7 Å². The first-order chi connectivity index (χ1) is 7.21. The predicted molar refractivity (Wildman–Crippen MR) is 63.2 cm³/mol. The summed E-state index contributed by atoms with van der Waals surface area (Å²) in [5.41, 5.74) is -0.750. The highest BCUT2D eigenvalue weighted by Gasteiger charge is 2.71. The summed E-state index contributed by atoms with van der Waals surface area (Å²) in [5, 5.41) is 0. The first-order valence-electron chi connectivity index (χ1n) is 5.99. The monoisotopic (exact) mass is 228 g/mol. The molecule has 3 heteroatoms. The Bertz CT molecular complexity index is 279. The minimum Gasteiger partial charge on any atom is -0.467 e. The van der Waals surface area contributed by atoms with Crippen LogP contribution in [0.3, 0.4) is 0 Å². The summed E-state index contributed by atoms with van der Waals surface area (Å²) in [6, 6.07) is 0. The van der Waals surface area contributed by atoms with E-state index >= 15 is 0 Å². The number of ether oxygens (including phenoxy) is 2. The van der Waals surface area contributed by atoms with E-state index in [0.717, 1.165) is 12.8 Å². The molecule has 0 radical (unpaired) electrons. The third-order valence-corrected chi connectivity index (χ3v) is 3.58. The van der Waals surface area contributed by atoms with Gasteiger partial charge in [-0.25, -0.2) is 4.79 Å². The maximum atomic E-state index is 11.7. The molecule has 2 unspecified atom stereocenters. The Balaban J connectivity index is 2.65. The molecular weight excluding hydrogens is 204 g/mol. The van der Waals surface area contributed by atoms with Crippen LogP contribution in [0.2, 0.25) is 0 Å². The normalized spacial score (nSPS) is 33.6. The van der Waals surface area contributed by atoms with Crippen molar-refractivity contribution in [3.63, 3.8) is 0 Å². The van der Waals surface area contributed by atoms with Crippen molar-refractivity contribution in [2.75, 3.05) is 7.11 Å². The molecule has 16 heavy (non-hydrogen) atoms. The molecule has 0 saturated carbocycles. The number of esters is 1. The van der Waals surface area contributed by atoms with Gasteiger partial charge >= 0.3 is 5.97 Å². The van der Waals surface area contributed by atoms with E-state index in [2.05, 4.69) is 20.8 Å². The first kappa shape index (κ1) is 13.5. The van der Waals surface area contributed by atoms with Gasteiger partial charge in [0.25, 0.3) is 0 Å². The highest BCUT2D eigenvalue weighted by atomic mass is 16.7. The average Bonchev–Trinajstić information content (AvgIpc) is 2.81. The first-order valence-corrected chi connectivity index (χ1v) is 5.99. The summed E-state index contributed by atoms with van der Waals surface area (Å²) in [5.74, 6) is -0.230. The Morgan fingerprint density at radius 3 is 2.31 bits per heavy atom. The summed E-state index contributed by atoms with van der Waals surface area (Å²) in [4.78, 5) is 11.7. The van der Waals surface area contributed by atoms with Crippen molar-refractivity contribution in [3.05, 3.63) is 0 Å². The van der Waals surface area contributed by atoms with Crippen molar-refractivity contribution in [1.29, 1.82) is 0 Å². The second kappa shape index (κ2) is 4.02. The lowest BCUT2D eigenvalue weighted by molar-refractivity contribution is -0.147. The molecule has 0 N–H and O–H groups in total. The highest BCUT2D eigenvalue weighted by Crippen LogP contribution is 2.54. The van der Waals surface area contributed by atoms with Crippen LogP contribution in [0.25, 0.3) is 0 Å². The lowest BCUT2D eigenvalue weighted by Crippen LogP contribution is -2.33. The van der Waals surface area contributed by atoms with Crippen molar-refractivity contribution in [3.8, 4) is 0 Å². The van der Waals surface area contributed by atoms with Crippen molar-refractivity contribution >= 4 is 5.97 Å². The van der Waals surface area contributed by atoms with Crippen LogP contribution in [0.4, 0.5) is 0 Å². The van der Waals surface area contributed by atoms with Gasteiger partial charge in [-0.2, -0.15) is 0 Å². The van der Waals surface area contributed by atoms with Crippen molar-refractivity contribution in [2.45, 2.75) is 65.1 Å². The molecule has 2 atom stereocenters. The van der Waals surface area contributed by atoms with Crippen LogP contribution >= 0.6 is 0 Å². The molecule has 1 heterocycles. The van der Waals surface area contributed by atoms with Gasteiger partial charge in [0.15, 0.2) is 5.60 Å². The Morgan fingerprint density at radius 1 is 1.38 bits per heavy atom. The Labute approximate surface area is 98.5 Å². The fraction of sp³-hybridized carbons (Fsp3) is 0.923. The summed E-state index contributed by atoms with van der Waals surface area (Å²) in [6.45, 7) is 10.6. The molecule has 1 rings (SSSR count). The third kappa shape index (κ3) is 2.24. The van der Waals surface area contributed by atoms with Crippen molar-refractivity contribution in [2.24, 2.45) is 5.41 Å². The van der Waals surface area contributed by atoms with Gasteiger partial charge in [-0.3, -0.25) is 0 Å². The van der Waals surface area contributed by atoms with Gasteiger partial charge in [0, 0.05) is 0 Å². The number of methoxy groups -OCH3 is 1. The van der Waals surface area contributed by atoms with Crippen LogP contribution in [0.1, 0.15) is 53.9 Å². The smallest absolute Gasteiger partial charge is 0.341 e. The van der Waals surface area contributed by atoms with Gasteiger partial charge in [-0.15, -0.1) is 0 Å². The molecule has 0 bridgehead atoms. The van der Waals surface area contributed by atoms with Gasteiger partial charge in [0.05, 0.1) is 7.11 Å². The molecule has 1 saturated heterocycles. The zero-order chi connectivity index (χ0) is 12.6. The average molecular weight is 228 g/mol. The van der Waals surface area contributed by atoms with E-state index in [4.69, 9.17) is 9.47 Å². The van der Waals surface area contributed by atoms with E-state index in [1.54, 1.807) is 0 Å². The lowest BCUT2D eigenvalue weighted by Gasteiger charge is -2.20. The standard InChI is InChI=1S/C13H24O3/c1-7-13(10(14)15-6)12(5,16-13)9-8-11(2,3)4/h7-9H2,1-6H3. The van der Waals surface area contributed by atoms with Gasteiger partial charge in [0.1, 0.15) is 5.60 Å². The minimum absolute atomic E-state index is 0.230. The quantitative estimate of drug-likeness (QED) is 0.548. The summed E-state index contributed by atoms with van der Waals surface area (Å²) >= 11 is 0. The molecule has 0 aromatic heterocycles. The summed E-state index contributed by atoms with van der Waals surface area (Å²) in [7, 11) is 1.42. The van der Waals surface area contributed by atoms with Crippen LogP contribution in [0, 0.1) is 5.41 Å². The minimum atomic E-state index is -0.687. The number of carbonyl (C=O) groups is 1. The molecule has 0 spiro atoms. The fourth-order valence-electron chi connectivity index (χ4n) is 2.24. The molecule has 0 aromatic carbocycles. The zero-order valence-corrected chi connectivity index (χ0v) is 11.3. The number of epoxide rings is 1. The second-order valence-electron chi connectivity index (χ2n) is 6.07. The van der Waals surface area contributed by atoms with Crippen LogP contribution in [-0.4, -0.2) is 24.3 Å². The maximum Gasteiger partial charge on any atom is 0.341 e. The number of rotatable bonds is 4. The molecule has 3 nitrogen and oxygen atoms in total. The Hall–Kier alpha value is -0.570. The van der Waals surface area contributed by atoms with Crippen LogP contribution in [-0.2, 0) is 14.3 Å². The molecule has 1 aliphatic heterocycles. The van der Waals surface area contributed by atoms with E-state index in [0.29, 0.717) is 6.42 Å². The largest absolute Gasteiger partial charge is 0.467 e. The molecule has 0 amide bonds. The molecular formula is C13H24O3. The highest BCUT2D eigenvalue weighted by molar-refractivity contribution is 5.84. The molecule has 1 fully saturated rings. The zero-order valence-electron chi connectivity index (χ0n) is 11.3. The van der Waals surface area contributed by atoms with Crippen LogP contribution in [0.5, 0.6) is 0 Å². The van der Waals surface area contributed by atoms with E-state index in [-0.39, 0.29) is 17.0 Å². The van der Waals surface area contributed by atoms with Crippen LogP contribution in [0.15, 0.2) is 0 Å². The molecule has 1 aliphatic rings. The second-order valence-corrected chi connectivity index (χ2v) is 6.07. The van der Waals surface area contributed by atoms with Gasteiger partial charge in [-0.05, 0) is 31.6 Å². The SMILES string of the molecule is CCC1(C(=O)OC)OC1(C)CCC(C)(C)C. The topological polar surface area (TPSA) is 38.8 Å². The van der Waals surface area contributed by atoms with E-state index in [1.165, 1.54) is 7.11 Å². The Kier molecular flexibility index (Phi) is 3.39. The maximum absolute atomic E-state index is 11.7. The molecule has 94 valence electrons.